The molecule has 92 valence electrons. The molecule has 1 aliphatic carbocycles. The molecule has 2 atom stereocenters. The second-order valence-electron chi connectivity index (χ2n) is 3.95. The first-order valence-corrected chi connectivity index (χ1v) is 6.50. The van der Waals surface area contributed by atoms with Gasteiger partial charge < -0.3 is 4.74 Å². The Kier molecular flexibility index (Phi) is 2.91. The van der Waals surface area contributed by atoms with E-state index in [1.54, 1.807) is 24.3 Å². The molecule has 1 saturated carbocycles. The Morgan fingerprint density at radius 1 is 1.35 bits per heavy atom. The SMILES string of the molecule is COc1ccc(C(=O)[C@@H]2C[C@H]2S(=O)(=O)F)cc1. The Labute approximate surface area is 98.6 Å². The van der Waals surface area contributed by atoms with Crippen molar-refractivity contribution in [3.05, 3.63) is 29.8 Å². The zero-order chi connectivity index (χ0) is 12.6. The zero-order valence-corrected chi connectivity index (χ0v) is 9.91. The largest absolute Gasteiger partial charge is 0.497 e. The van der Waals surface area contributed by atoms with E-state index in [1.807, 2.05) is 0 Å². The van der Waals surface area contributed by atoms with E-state index in [0.29, 0.717) is 11.3 Å². The number of carbonyl (C=O) groups is 1. The van der Waals surface area contributed by atoms with Crippen LogP contribution in [0.15, 0.2) is 24.3 Å². The molecule has 0 aromatic heterocycles. The monoisotopic (exact) mass is 258 g/mol. The fourth-order valence-corrected chi connectivity index (χ4v) is 2.68. The smallest absolute Gasteiger partial charge is 0.306 e. The van der Waals surface area contributed by atoms with Crippen LogP contribution in [0.1, 0.15) is 16.8 Å². The highest BCUT2D eigenvalue weighted by atomic mass is 32.3. The van der Waals surface area contributed by atoms with E-state index in [2.05, 4.69) is 0 Å². The summed E-state index contributed by atoms with van der Waals surface area (Å²) in [4.78, 5) is 11.8. The fraction of sp³-hybridized carbons (Fsp3) is 0.364. The van der Waals surface area contributed by atoms with Gasteiger partial charge in [0.25, 0.3) is 0 Å². The predicted molar refractivity (Wildman–Crippen MR) is 59.2 cm³/mol. The van der Waals surface area contributed by atoms with Gasteiger partial charge in [0, 0.05) is 11.5 Å². The Morgan fingerprint density at radius 2 is 1.94 bits per heavy atom. The molecule has 17 heavy (non-hydrogen) atoms. The predicted octanol–water partition coefficient (Wildman–Crippen LogP) is 1.57. The molecule has 1 aromatic rings. The van der Waals surface area contributed by atoms with Gasteiger partial charge in [0.05, 0.1) is 7.11 Å². The molecule has 0 saturated heterocycles. The number of benzene rings is 1. The lowest BCUT2D eigenvalue weighted by Gasteiger charge is -2.01. The molecule has 0 spiro atoms. The molecule has 1 aliphatic rings. The van der Waals surface area contributed by atoms with E-state index < -0.39 is 21.4 Å². The molecular weight excluding hydrogens is 247 g/mol. The minimum atomic E-state index is -4.59. The first-order valence-electron chi connectivity index (χ1n) is 5.05. The normalized spacial score (nSPS) is 23.2. The lowest BCUT2D eigenvalue weighted by molar-refractivity contribution is 0.0967. The van der Waals surface area contributed by atoms with Crippen molar-refractivity contribution >= 4 is 16.0 Å². The molecule has 4 nitrogen and oxygen atoms in total. The summed E-state index contributed by atoms with van der Waals surface area (Å²) in [6.07, 6.45) is 0.0731. The summed E-state index contributed by atoms with van der Waals surface area (Å²) in [5.41, 5.74) is 0.377. The highest BCUT2D eigenvalue weighted by Crippen LogP contribution is 2.40. The minimum absolute atomic E-state index is 0.0731. The van der Waals surface area contributed by atoms with Crippen molar-refractivity contribution in [1.82, 2.24) is 0 Å². The summed E-state index contributed by atoms with van der Waals surface area (Å²) in [6, 6.07) is 6.30. The Bertz CT molecular complexity index is 535. The van der Waals surface area contributed by atoms with Crippen LogP contribution in [0.4, 0.5) is 3.89 Å². The molecule has 1 fully saturated rings. The highest BCUT2D eigenvalue weighted by molar-refractivity contribution is 7.87. The van der Waals surface area contributed by atoms with Crippen LogP contribution >= 0.6 is 0 Å². The van der Waals surface area contributed by atoms with E-state index in [-0.39, 0.29) is 12.2 Å². The van der Waals surface area contributed by atoms with Crippen LogP contribution in [-0.2, 0) is 10.2 Å². The number of halogens is 1. The van der Waals surface area contributed by atoms with Crippen LogP contribution in [0.3, 0.4) is 0 Å². The summed E-state index contributed by atoms with van der Waals surface area (Å²) in [7, 11) is -3.09. The van der Waals surface area contributed by atoms with Gasteiger partial charge in [-0.3, -0.25) is 4.79 Å². The lowest BCUT2D eigenvalue weighted by Crippen LogP contribution is -2.09. The maximum atomic E-state index is 12.6. The van der Waals surface area contributed by atoms with Crippen LogP contribution in [0.2, 0.25) is 0 Å². The first kappa shape index (κ1) is 12.0. The van der Waals surface area contributed by atoms with Gasteiger partial charge in [-0.25, -0.2) is 0 Å². The summed E-state index contributed by atoms with van der Waals surface area (Å²) in [6.45, 7) is 0. The van der Waals surface area contributed by atoms with Crippen LogP contribution in [0.5, 0.6) is 5.75 Å². The maximum Gasteiger partial charge on any atom is 0.306 e. The average Bonchev–Trinajstić information content (AvgIpc) is 3.08. The third kappa shape index (κ3) is 2.46. The molecule has 2 rings (SSSR count). The van der Waals surface area contributed by atoms with Gasteiger partial charge in [0.1, 0.15) is 11.0 Å². The van der Waals surface area contributed by atoms with Crippen LogP contribution in [0, 0.1) is 5.92 Å². The van der Waals surface area contributed by atoms with Gasteiger partial charge in [0.15, 0.2) is 5.78 Å². The molecule has 0 unspecified atom stereocenters. The molecule has 0 N–H and O–H groups in total. The van der Waals surface area contributed by atoms with Gasteiger partial charge in [-0.2, -0.15) is 8.42 Å². The van der Waals surface area contributed by atoms with Crippen molar-refractivity contribution in [2.24, 2.45) is 5.92 Å². The quantitative estimate of drug-likeness (QED) is 0.607. The maximum absolute atomic E-state index is 12.6. The number of hydrogen-bond donors (Lipinski definition) is 0. The number of carbonyl (C=O) groups excluding carboxylic acids is 1. The summed E-state index contributed by atoms with van der Waals surface area (Å²) >= 11 is 0. The van der Waals surface area contributed by atoms with Crippen molar-refractivity contribution in [2.45, 2.75) is 11.7 Å². The molecule has 0 amide bonds. The van der Waals surface area contributed by atoms with Gasteiger partial charge >= 0.3 is 10.2 Å². The highest BCUT2D eigenvalue weighted by Gasteiger charge is 2.52. The Hall–Kier alpha value is -1.43. The van der Waals surface area contributed by atoms with E-state index in [0.717, 1.165) is 0 Å². The number of methoxy groups -OCH3 is 1. The second-order valence-corrected chi connectivity index (χ2v) is 5.51. The summed E-state index contributed by atoms with van der Waals surface area (Å²) in [5, 5.41) is -1.16. The van der Waals surface area contributed by atoms with Crippen molar-refractivity contribution in [3.63, 3.8) is 0 Å². The molecule has 0 radical (unpaired) electrons. The number of ketones is 1. The van der Waals surface area contributed by atoms with Crippen LogP contribution in [-0.4, -0.2) is 26.6 Å². The van der Waals surface area contributed by atoms with Crippen molar-refractivity contribution in [1.29, 1.82) is 0 Å². The summed E-state index contributed by atoms with van der Waals surface area (Å²) < 4.78 is 38.8. The van der Waals surface area contributed by atoms with E-state index in [1.165, 1.54) is 7.11 Å². The number of hydrogen-bond acceptors (Lipinski definition) is 4. The first-order chi connectivity index (χ1) is 7.93. The minimum Gasteiger partial charge on any atom is -0.497 e. The van der Waals surface area contributed by atoms with Crippen LogP contribution < -0.4 is 4.74 Å². The third-order valence-corrected chi connectivity index (χ3v) is 4.05. The van der Waals surface area contributed by atoms with Crippen molar-refractivity contribution in [2.75, 3.05) is 7.11 Å². The number of rotatable bonds is 4. The molecule has 1 aromatic carbocycles. The Balaban J connectivity index is 2.12. The van der Waals surface area contributed by atoms with E-state index >= 15 is 0 Å². The number of Topliss-reactive ketones (excluding diaryl/α,β-unsaturated/α-hetero) is 1. The molecule has 0 aliphatic heterocycles. The molecule has 0 bridgehead atoms. The second kappa shape index (κ2) is 4.10. The standard InChI is InChI=1S/C11H11FO4S/c1-16-8-4-2-7(3-5-8)11(13)9-6-10(9)17(12,14)15/h2-5,9-10H,6H2,1H3/t9-,10-/m1/s1. The average molecular weight is 258 g/mol. The lowest BCUT2D eigenvalue weighted by atomic mass is 10.1. The number of ether oxygens (including phenoxy) is 1. The van der Waals surface area contributed by atoms with Gasteiger partial charge in [-0.1, -0.05) is 0 Å². The molecular formula is C11H11FO4S. The van der Waals surface area contributed by atoms with Gasteiger partial charge in [0.2, 0.25) is 0 Å². The Morgan fingerprint density at radius 3 is 2.35 bits per heavy atom. The van der Waals surface area contributed by atoms with E-state index in [9.17, 15) is 17.1 Å². The topological polar surface area (TPSA) is 60.4 Å². The van der Waals surface area contributed by atoms with Gasteiger partial charge in [-0.05, 0) is 30.7 Å². The van der Waals surface area contributed by atoms with Crippen molar-refractivity contribution < 1.29 is 21.8 Å². The van der Waals surface area contributed by atoms with E-state index in [4.69, 9.17) is 4.74 Å². The zero-order valence-electron chi connectivity index (χ0n) is 9.09. The van der Waals surface area contributed by atoms with Gasteiger partial charge in [-0.15, -0.1) is 3.89 Å². The summed E-state index contributed by atoms with van der Waals surface area (Å²) in [5.74, 6) is -0.468. The molecule has 0 heterocycles. The van der Waals surface area contributed by atoms with Crippen molar-refractivity contribution in [3.8, 4) is 5.75 Å². The fourth-order valence-electron chi connectivity index (χ4n) is 1.73. The molecule has 6 heteroatoms. The third-order valence-electron chi connectivity index (χ3n) is 2.80. The van der Waals surface area contributed by atoms with Crippen LogP contribution in [0.25, 0.3) is 0 Å².